The van der Waals surface area contributed by atoms with Gasteiger partial charge < -0.3 is 9.47 Å². The lowest BCUT2D eigenvalue weighted by atomic mass is 9.91. The van der Waals surface area contributed by atoms with Gasteiger partial charge >= 0.3 is 0 Å². The molecule has 1 aromatic carbocycles. The predicted octanol–water partition coefficient (Wildman–Crippen LogP) is 2.06. The van der Waals surface area contributed by atoms with Crippen molar-refractivity contribution >= 4 is 22.6 Å². The molecule has 1 aliphatic heterocycles. The number of carbonyl (C=O) groups excluding carboxylic acids is 2. The third-order valence-electron chi connectivity index (χ3n) is 5.16. The minimum absolute atomic E-state index is 0.0261. The number of amides is 1. The average molecular weight is 376 g/mol. The van der Waals surface area contributed by atoms with Crippen LogP contribution >= 0.6 is 0 Å². The number of Topliss-reactive ketones (excluding diaryl/α,β-unsaturated/α-hetero) is 1. The number of likely N-dealkylation sites (tertiary alicyclic amines) is 1. The van der Waals surface area contributed by atoms with Gasteiger partial charge in [-0.1, -0.05) is 6.07 Å². The number of pyridine rings is 1. The van der Waals surface area contributed by atoms with Gasteiger partial charge in [0.05, 0.1) is 17.2 Å². The zero-order valence-electron chi connectivity index (χ0n) is 15.5. The molecule has 28 heavy (non-hydrogen) atoms. The van der Waals surface area contributed by atoms with Gasteiger partial charge in [-0.05, 0) is 43.2 Å². The van der Waals surface area contributed by atoms with E-state index in [1.165, 1.54) is 10.9 Å². The highest BCUT2D eigenvalue weighted by Crippen LogP contribution is 2.22. The first-order valence-electron chi connectivity index (χ1n) is 9.24. The van der Waals surface area contributed by atoms with Crippen molar-refractivity contribution in [2.24, 2.45) is 13.0 Å². The van der Waals surface area contributed by atoms with E-state index in [-0.39, 0.29) is 23.2 Å². The van der Waals surface area contributed by atoms with Crippen molar-refractivity contribution in [2.45, 2.75) is 12.8 Å². The summed E-state index contributed by atoms with van der Waals surface area (Å²) in [6.45, 7) is 0.975. The van der Waals surface area contributed by atoms with Crippen LogP contribution in [0.25, 0.3) is 10.9 Å². The summed E-state index contributed by atoms with van der Waals surface area (Å²) in [6.07, 6.45) is 4.56. The van der Waals surface area contributed by atoms with Gasteiger partial charge in [-0.2, -0.15) is 0 Å². The van der Waals surface area contributed by atoms with Crippen LogP contribution in [-0.4, -0.2) is 44.2 Å². The summed E-state index contributed by atoms with van der Waals surface area (Å²) in [4.78, 5) is 47.9. The summed E-state index contributed by atoms with van der Waals surface area (Å²) in [6, 6.07) is 10.2. The third kappa shape index (κ3) is 3.31. The number of carbonyl (C=O) groups is 2. The van der Waals surface area contributed by atoms with E-state index in [0.717, 1.165) is 12.8 Å². The first-order chi connectivity index (χ1) is 13.5. The van der Waals surface area contributed by atoms with Crippen molar-refractivity contribution in [3.8, 4) is 0 Å². The molecule has 0 aliphatic carbocycles. The Hall–Kier alpha value is -3.35. The second-order valence-electron chi connectivity index (χ2n) is 7.06. The Morgan fingerprint density at radius 2 is 2.00 bits per heavy atom. The number of nitrogens with zero attached hydrogens (tertiary/aromatic N) is 4. The number of fused-ring (bicyclic) bond motifs is 1. The van der Waals surface area contributed by atoms with Gasteiger partial charge in [0.2, 0.25) is 0 Å². The van der Waals surface area contributed by atoms with Crippen molar-refractivity contribution in [3.63, 3.8) is 0 Å². The normalized spacial score (nSPS) is 16.9. The maximum absolute atomic E-state index is 13.0. The van der Waals surface area contributed by atoms with E-state index in [1.54, 1.807) is 54.5 Å². The Morgan fingerprint density at radius 3 is 2.79 bits per heavy atom. The molecule has 2 aromatic heterocycles. The molecular weight excluding hydrogens is 356 g/mol. The molecule has 142 valence electrons. The number of benzene rings is 1. The molecule has 0 bridgehead atoms. The number of rotatable bonds is 3. The standard InChI is InChI=1S/C21H20N4O3/c1-24-13-23-18-11-14(7-8-16(18)21(24)28)20(27)25-10-4-5-15(12-25)19(26)17-6-2-3-9-22-17/h2-3,6-9,11,13,15H,4-5,10,12H2,1H3. The number of hydrogen-bond acceptors (Lipinski definition) is 5. The summed E-state index contributed by atoms with van der Waals surface area (Å²) in [7, 11) is 1.64. The largest absolute Gasteiger partial charge is 0.338 e. The molecule has 4 rings (SSSR count). The average Bonchev–Trinajstić information content (AvgIpc) is 2.76. The van der Waals surface area contributed by atoms with Crippen molar-refractivity contribution in [3.05, 3.63) is 70.5 Å². The maximum Gasteiger partial charge on any atom is 0.260 e. The van der Waals surface area contributed by atoms with Crippen molar-refractivity contribution in [1.82, 2.24) is 19.4 Å². The van der Waals surface area contributed by atoms with Gasteiger partial charge in [-0.15, -0.1) is 0 Å². The van der Waals surface area contributed by atoms with Crippen LogP contribution in [0.2, 0.25) is 0 Å². The van der Waals surface area contributed by atoms with Crippen LogP contribution in [0.5, 0.6) is 0 Å². The molecule has 3 aromatic rings. The van der Waals surface area contributed by atoms with Crippen molar-refractivity contribution in [1.29, 1.82) is 0 Å². The van der Waals surface area contributed by atoms with Crippen LogP contribution < -0.4 is 5.56 Å². The Kier molecular flexibility index (Phi) is 4.73. The molecule has 1 amide bonds. The lowest BCUT2D eigenvalue weighted by Crippen LogP contribution is -2.42. The van der Waals surface area contributed by atoms with Crippen molar-refractivity contribution in [2.75, 3.05) is 13.1 Å². The first-order valence-corrected chi connectivity index (χ1v) is 9.24. The highest BCUT2D eigenvalue weighted by atomic mass is 16.2. The summed E-state index contributed by atoms with van der Waals surface area (Å²) in [5, 5.41) is 0.475. The highest BCUT2D eigenvalue weighted by molar-refractivity contribution is 5.99. The topological polar surface area (TPSA) is 85.2 Å². The lowest BCUT2D eigenvalue weighted by Gasteiger charge is -2.32. The molecular formula is C21H20N4O3. The fourth-order valence-corrected chi connectivity index (χ4v) is 3.62. The summed E-state index contributed by atoms with van der Waals surface area (Å²) >= 11 is 0. The Labute approximate surface area is 161 Å². The lowest BCUT2D eigenvalue weighted by molar-refractivity contribution is 0.0635. The fourth-order valence-electron chi connectivity index (χ4n) is 3.62. The van der Waals surface area contributed by atoms with Gasteiger partial charge in [0.25, 0.3) is 11.5 Å². The van der Waals surface area contributed by atoms with Gasteiger partial charge in [-0.25, -0.2) is 4.98 Å². The number of piperidine rings is 1. The minimum atomic E-state index is -0.251. The molecule has 0 N–H and O–H groups in total. The monoisotopic (exact) mass is 376 g/mol. The molecule has 1 fully saturated rings. The molecule has 3 heterocycles. The zero-order valence-corrected chi connectivity index (χ0v) is 15.5. The van der Waals surface area contributed by atoms with E-state index in [1.807, 2.05) is 0 Å². The first kappa shape index (κ1) is 18.0. The molecule has 1 aliphatic rings. The summed E-state index contributed by atoms with van der Waals surface area (Å²) in [5.41, 5.74) is 1.25. The molecule has 1 saturated heterocycles. The smallest absolute Gasteiger partial charge is 0.260 e. The second-order valence-corrected chi connectivity index (χ2v) is 7.06. The van der Waals surface area contributed by atoms with Gasteiger partial charge in [-0.3, -0.25) is 19.4 Å². The zero-order chi connectivity index (χ0) is 19.7. The van der Waals surface area contributed by atoms with Gasteiger partial charge in [0.15, 0.2) is 5.78 Å². The molecule has 0 saturated carbocycles. The number of hydrogen-bond donors (Lipinski definition) is 0. The minimum Gasteiger partial charge on any atom is -0.338 e. The SMILES string of the molecule is Cn1cnc2cc(C(=O)N3CCCC(C(=O)c4ccccn4)C3)ccc2c1=O. The van der Waals surface area contributed by atoms with Crippen LogP contribution in [0.4, 0.5) is 0 Å². The van der Waals surface area contributed by atoms with Crippen LogP contribution in [-0.2, 0) is 7.05 Å². The number of ketones is 1. The van der Waals surface area contributed by atoms with Crippen LogP contribution in [0.15, 0.2) is 53.7 Å². The summed E-state index contributed by atoms with van der Waals surface area (Å²) < 4.78 is 1.41. The predicted molar refractivity (Wildman–Crippen MR) is 104 cm³/mol. The van der Waals surface area contributed by atoms with E-state index in [2.05, 4.69) is 9.97 Å². The van der Waals surface area contributed by atoms with Crippen LogP contribution in [0.1, 0.15) is 33.7 Å². The van der Waals surface area contributed by atoms with E-state index in [4.69, 9.17) is 0 Å². The molecule has 7 nitrogen and oxygen atoms in total. The molecule has 1 atom stereocenters. The maximum atomic E-state index is 13.0. The molecule has 1 unspecified atom stereocenters. The molecule has 0 radical (unpaired) electrons. The fraction of sp³-hybridized carbons (Fsp3) is 0.286. The Morgan fingerprint density at radius 1 is 1.14 bits per heavy atom. The van der Waals surface area contributed by atoms with Gasteiger partial charge in [0.1, 0.15) is 5.69 Å². The van der Waals surface area contributed by atoms with E-state index < -0.39 is 0 Å². The van der Waals surface area contributed by atoms with Crippen LogP contribution in [0, 0.1) is 5.92 Å². The number of aromatic nitrogens is 3. The highest BCUT2D eigenvalue weighted by Gasteiger charge is 2.30. The second kappa shape index (κ2) is 7.34. The quantitative estimate of drug-likeness (QED) is 0.653. The van der Waals surface area contributed by atoms with E-state index in [0.29, 0.717) is 35.2 Å². The van der Waals surface area contributed by atoms with E-state index >= 15 is 0 Å². The van der Waals surface area contributed by atoms with Gasteiger partial charge in [0, 0.05) is 37.8 Å². The van der Waals surface area contributed by atoms with Crippen LogP contribution in [0.3, 0.4) is 0 Å². The van der Waals surface area contributed by atoms with E-state index in [9.17, 15) is 14.4 Å². The summed E-state index contributed by atoms with van der Waals surface area (Å²) in [5.74, 6) is -0.428. The Balaban J connectivity index is 1.56. The third-order valence-corrected chi connectivity index (χ3v) is 5.16. The molecule has 0 spiro atoms. The Bertz CT molecular complexity index is 1110. The number of aryl methyl sites for hydroxylation is 1. The van der Waals surface area contributed by atoms with Crippen molar-refractivity contribution < 1.29 is 9.59 Å². The molecule has 7 heteroatoms.